The van der Waals surface area contributed by atoms with Crippen molar-refractivity contribution in [3.05, 3.63) is 5.89 Å². The molecule has 4 heteroatoms. The lowest BCUT2D eigenvalue weighted by molar-refractivity contribution is 0.452. The molecule has 0 bridgehead atoms. The Balaban J connectivity index is 2.11. The third kappa shape index (κ3) is 1.29. The quantitative estimate of drug-likeness (QED) is 0.689. The minimum Gasteiger partial charge on any atom is -0.408 e. The van der Waals surface area contributed by atoms with Crippen molar-refractivity contribution in [2.45, 2.75) is 32.1 Å². The van der Waals surface area contributed by atoms with Crippen LogP contribution in [0.1, 0.15) is 38.0 Å². The Morgan fingerprint density at radius 1 is 1.42 bits per heavy atom. The van der Waals surface area contributed by atoms with Gasteiger partial charge >= 0.3 is 6.01 Å². The zero-order valence-corrected chi connectivity index (χ0v) is 7.16. The van der Waals surface area contributed by atoms with Crippen molar-refractivity contribution >= 4 is 6.01 Å². The van der Waals surface area contributed by atoms with E-state index in [-0.39, 0.29) is 6.01 Å². The molecule has 1 aliphatic carbocycles. The summed E-state index contributed by atoms with van der Waals surface area (Å²) in [5.74, 6) is 1.95. The maximum absolute atomic E-state index is 5.34. The van der Waals surface area contributed by atoms with Crippen LogP contribution in [0.15, 0.2) is 4.42 Å². The van der Waals surface area contributed by atoms with E-state index in [9.17, 15) is 0 Å². The van der Waals surface area contributed by atoms with Gasteiger partial charge in [0.15, 0.2) is 0 Å². The molecule has 12 heavy (non-hydrogen) atoms. The van der Waals surface area contributed by atoms with Crippen molar-refractivity contribution in [1.82, 2.24) is 10.2 Å². The summed E-state index contributed by atoms with van der Waals surface area (Å²) in [6, 6.07) is 0.185. The van der Waals surface area contributed by atoms with Gasteiger partial charge in [0.1, 0.15) is 0 Å². The van der Waals surface area contributed by atoms with Gasteiger partial charge in [-0.05, 0) is 25.2 Å². The first-order valence-corrected chi connectivity index (χ1v) is 4.34. The number of nitrogens with zero attached hydrogens (tertiary/aromatic N) is 2. The molecule has 1 aliphatic rings. The van der Waals surface area contributed by atoms with Crippen LogP contribution in [0.2, 0.25) is 0 Å². The predicted molar refractivity (Wildman–Crippen MR) is 44.5 cm³/mol. The third-order valence-electron chi connectivity index (χ3n) is 2.50. The molecule has 0 amide bonds. The molecule has 66 valence electrons. The summed E-state index contributed by atoms with van der Waals surface area (Å²) in [5, 5.41) is 7.54. The molecule has 0 aliphatic heterocycles. The lowest BCUT2D eigenvalue weighted by Crippen LogP contribution is -1.93. The van der Waals surface area contributed by atoms with Crippen LogP contribution in [-0.2, 0) is 0 Å². The van der Waals surface area contributed by atoms with E-state index in [1.165, 1.54) is 6.42 Å². The van der Waals surface area contributed by atoms with E-state index in [1.54, 1.807) is 0 Å². The molecule has 2 atom stereocenters. The number of hydrogen-bond acceptors (Lipinski definition) is 4. The number of nitrogen functional groups attached to an aromatic ring is 1. The molecule has 1 aromatic rings. The highest BCUT2D eigenvalue weighted by Crippen LogP contribution is 2.37. The standard InChI is InChI=1S/C8H13N3O/c1-5-2-3-6(4-5)7-10-11-8(9)12-7/h5-6H,2-4H2,1H3,(H2,9,11)/t5-,6+/m1/s1. The maximum Gasteiger partial charge on any atom is 0.312 e. The van der Waals surface area contributed by atoms with E-state index in [0.717, 1.165) is 24.7 Å². The van der Waals surface area contributed by atoms with Crippen molar-refractivity contribution in [2.75, 3.05) is 5.73 Å². The van der Waals surface area contributed by atoms with Gasteiger partial charge in [0, 0.05) is 5.92 Å². The normalized spacial score (nSPS) is 29.4. The Hall–Kier alpha value is -1.06. The van der Waals surface area contributed by atoms with E-state index < -0.39 is 0 Å². The molecular formula is C8H13N3O. The number of anilines is 1. The molecule has 2 N–H and O–H groups in total. The van der Waals surface area contributed by atoms with Gasteiger partial charge in [-0.15, -0.1) is 5.10 Å². The summed E-state index contributed by atoms with van der Waals surface area (Å²) in [4.78, 5) is 0. The SMILES string of the molecule is C[C@@H]1CC[C@H](c2nnc(N)o2)C1. The number of hydrogen-bond donors (Lipinski definition) is 1. The van der Waals surface area contributed by atoms with Gasteiger partial charge < -0.3 is 10.2 Å². The van der Waals surface area contributed by atoms with Crippen LogP contribution in [0.25, 0.3) is 0 Å². The first-order chi connectivity index (χ1) is 5.75. The van der Waals surface area contributed by atoms with E-state index in [0.29, 0.717) is 5.92 Å². The number of nitrogens with two attached hydrogens (primary N) is 1. The molecule has 0 unspecified atom stereocenters. The summed E-state index contributed by atoms with van der Waals surface area (Å²) >= 11 is 0. The van der Waals surface area contributed by atoms with Gasteiger partial charge in [0.05, 0.1) is 0 Å². The van der Waals surface area contributed by atoms with Crippen LogP contribution in [0.5, 0.6) is 0 Å². The minimum absolute atomic E-state index is 0.185. The predicted octanol–water partition coefficient (Wildman–Crippen LogP) is 1.56. The molecule has 1 fully saturated rings. The van der Waals surface area contributed by atoms with Gasteiger partial charge in [0.2, 0.25) is 5.89 Å². The minimum atomic E-state index is 0.185. The van der Waals surface area contributed by atoms with Gasteiger partial charge in [0.25, 0.3) is 0 Å². The summed E-state index contributed by atoms with van der Waals surface area (Å²) in [5.41, 5.74) is 5.34. The summed E-state index contributed by atoms with van der Waals surface area (Å²) in [7, 11) is 0. The monoisotopic (exact) mass is 167 g/mol. The molecule has 4 nitrogen and oxygen atoms in total. The third-order valence-corrected chi connectivity index (χ3v) is 2.50. The summed E-state index contributed by atoms with van der Waals surface area (Å²) in [6.07, 6.45) is 3.57. The van der Waals surface area contributed by atoms with E-state index >= 15 is 0 Å². The molecule has 1 aromatic heterocycles. The lowest BCUT2D eigenvalue weighted by atomic mass is 10.1. The van der Waals surface area contributed by atoms with Gasteiger partial charge in [-0.3, -0.25) is 0 Å². The van der Waals surface area contributed by atoms with Gasteiger partial charge in [-0.2, -0.15) is 0 Å². The first kappa shape index (κ1) is 7.58. The van der Waals surface area contributed by atoms with Crippen LogP contribution in [-0.4, -0.2) is 10.2 Å². The number of aromatic nitrogens is 2. The van der Waals surface area contributed by atoms with Crippen LogP contribution < -0.4 is 5.73 Å². The highest BCUT2D eigenvalue weighted by atomic mass is 16.4. The van der Waals surface area contributed by atoms with Crippen LogP contribution in [0.4, 0.5) is 6.01 Å². The van der Waals surface area contributed by atoms with Crippen molar-refractivity contribution in [3.63, 3.8) is 0 Å². The largest absolute Gasteiger partial charge is 0.408 e. The topological polar surface area (TPSA) is 64.9 Å². The van der Waals surface area contributed by atoms with E-state index in [4.69, 9.17) is 10.2 Å². The second-order valence-electron chi connectivity index (χ2n) is 3.59. The Morgan fingerprint density at radius 2 is 2.25 bits per heavy atom. The fourth-order valence-corrected chi connectivity index (χ4v) is 1.84. The molecule has 0 spiro atoms. The van der Waals surface area contributed by atoms with Crippen LogP contribution in [0.3, 0.4) is 0 Å². The van der Waals surface area contributed by atoms with E-state index in [2.05, 4.69) is 17.1 Å². The maximum atomic E-state index is 5.34. The molecule has 2 rings (SSSR count). The molecule has 1 saturated carbocycles. The lowest BCUT2D eigenvalue weighted by Gasteiger charge is -2.01. The molecule has 0 saturated heterocycles. The number of rotatable bonds is 1. The molecule has 0 radical (unpaired) electrons. The summed E-state index contributed by atoms with van der Waals surface area (Å²) in [6.45, 7) is 2.25. The first-order valence-electron chi connectivity index (χ1n) is 4.34. The fraction of sp³-hybridized carbons (Fsp3) is 0.750. The average molecular weight is 167 g/mol. The van der Waals surface area contributed by atoms with E-state index in [1.807, 2.05) is 0 Å². The molecular weight excluding hydrogens is 154 g/mol. The highest BCUT2D eigenvalue weighted by molar-refractivity contribution is 5.07. The van der Waals surface area contributed by atoms with Crippen LogP contribution in [0, 0.1) is 5.92 Å². The van der Waals surface area contributed by atoms with Gasteiger partial charge in [-0.25, -0.2) is 0 Å². The smallest absolute Gasteiger partial charge is 0.312 e. The Labute approximate surface area is 71.2 Å². The highest BCUT2D eigenvalue weighted by Gasteiger charge is 2.26. The Morgan fingerprint density at radius 3 is 2.75 bits per heavy atom. The molecule has 1 heterocycles. The van der Waals surface area contributed by atoms with Crippen molar-refractivity contribution < 1.29 is 4.42 Å². The molecule has 0 aromatic carbocycles. The zero-order valence-electron chi connectivity index (χ0n) is 7.16. The zero-order chi connectivity index (χ0) is 8.55. The van der Waals surface area contributed by atoms with Crippen molar-refractivity contribution in [2.24, 2.45) is 5.92 Å². The second kappa shape index (κ2) is 2.77. The average Bonchev–Trinajstić information content (AvgIpc) is 2.58. The van der Waals surface area contributed by atoms with Crippen molar-refractivity contribution in [3.8, 4) is 0 Å². The second-order valence-corrected chi connectivity index (χ2v) is 3.59. The summed E-state index contributed by atoms with van der Waals surface area (Å²) < 4.78 is 5.17. The Bertz CT molecular complexity index is 271. The van der Waals surface area contributed by atoms with Gasteiger partial charge in [-0.1, -0.05) is 12.0 Å². The van der Waals surface area contributed by atoms with Crippen LogP contribution >= 0.6 is 0 Å². The Kier molecular flexibility index (Phi) is 1.75. The fourth-order valence-electron chi connectivity index (χ4n) is 1.84. The van der Waals surface area contributed by atoms with Crippen molar-refractivity contribution in [1.29, 1.82) is 0 Å².